The Morgan fingerprint density at radius 2 is 2.12 bits per heavy atom. The number of amides is 1. The summed E-state index contributed by atoms with van der Waals surface area (Å²) in [7, 11) is 0. The monoisotopic (exact) mass is 373 g/mol. The van der Waals surface area contributed by atoms with Gasteiger partial charge in [-0.05, 0) is 43.7 Å². The molecule has 4 rings (SSSR count). The highest BCUT2D eigenvalue weighted by atomic mass is 32.1. The first-order valence-electron chi connectivity index (χ1n) is 8.44. The van der Waals surface area contributed by atoms with E-state index >= 15 is 0 Å². The number of nitrogens with zero attached hydrogens (tertiary/aromatic N) is 2. The summed E-state index contributed by atoms with van der Waals surface area (Å²) in [6, 6.07) is 11.1. The van der Waals surface area contributed by atoms with Gasteiger partial charge in [-0.3, -0.25) is 9.69 Å². The second kappa shape index (κ2) is 7.09. The molecule has 1 fully saturated rings. The van der Waals surface area contributed by atoms with Crippen molar-refractivity contribution in [2.45, 2.75) is 18.9 Å². The van der Waals surface area contributed by atoms with Crippen molar-refractivity contribution in [1.29, 1.82) is 0 Å². The average Bonchev–Trinajstić information content (AvgIpc) is 3.24. The molecule has 1 aliphatic rings. The average molecular weight is 373 g/mol. The molecule has 0 radical (unpaired) electrons. The molecule has 1 N–H and O–H groups in total. The number of carbonyl (C=O) groups excluding carboxylic acids is 1. The molecule has 1 aliphatic heterocycles. The molecule has 1 amide bonds. The predicted molar refractivity (Wildman–Crippen MR) is 98.2 cm³/mol. The van der Waals surface area contributed by atoms with Gasteiger partial charge in [-0.1, -0.05) is 12.1 Å². The fraction of sp³-hybridized carbons (Fsp3) is 0.263. The van der Waals surface area contributed by atoms with Crippen molar-refractivity contribution in [1.82, 2.24) is 9.88 Å². The van der Waals surface area contributed by atoms with Gasteiger partial charge in [0.2, 0.25) is 5.91 Å². The van der Waals surface area contributed by atoms with E-state index in [2.05, 4.69) is 5.32 Å². The van der Waals surface area contributed by atoms with Gasteiger partial charge in [0, 0.05) is 6.07 Å². The maximum absolute atomic E-state index is 13.7. The highest BCUT2D eigenvalue weighted by molar-refractivity contribution is 7.18. The smallest absolute Gasteiger partial charge is 0.238 e. The van der Waals surface area contributed by atoms with E-state index in [1.54, 1.807) is 11.3 Å². The predicted octanol–water partition coefficient (Wildman–Crippen LogP) is 4.35. The standard InChI is InChI=1S/C19H17F2N3OS/c20-12-7-8-13(21)15(10-12)22-18(25)11-24-9-3-5-16(24)19-23-14-4-1-2-6-17(14)26-19/h1-2,4,6-8,10,16H,3,5,9,11H2,(H,22,25)/t16-/m1/s1. The van der Waals surface area contributed by atoms with Gasteiger partial charge in [-0.2, -0.15) is 0 Å². The summed E-state index contributed by atoms with van der Waals surface area (Å²) >= 11 is 1.64. The van der Waals surface area contributed by atoms with E-state index in [4.69, 9.17) is 4.98 Å². The molecule has 1 aromatic heterocycles. The molecule has 2 heterocycles. The van der Waals surface area contributed by atoms with Crippen LogP contribution in [-0.4, -0.2) is 28.9 Å². The zero-order chi connectivity index (χ0) is 18.1. The fourth-order valence-electron chi connectivity index (χ4n) is 3.30. The van der Waals surface area contributed by atoms with Crippen LogP contribution in [-0.2, 0) is 4.79 Å². The summed E-state index contributed by atoms with van der Waals surface area (Å²) < 4.78 is 28.1. The topological polar surface area (TPSA) is 45.2 Å². The van der Waals surface area contributed by atoms with Crippen molar-refractivity contribution >= 4 is 33.1 Å². The van der Waals surface area contributed by atoms with E-state index in [9.17, 15) is 13.6 Å². The van der Waals surface area contributed by atoms with Crippen LogP contribution in [0.5, 0.6) is 0 Å². The minimum Gasteiger partial charge on any atom is -0.322 e. The van der Waals surface area contributed by atoms with E-state index in [-0.39, 0.29) is 24.2 Å². The molecular formula is C19H17F2N3OS. The number of anilines is 1. The number of fused-ring (bicyclic) bond motifs is 1. The van der Waals surface area contributed by atoms with Crippen molar-refractivity contribution in [2.24, 2.45) is 0 Å². The van der Waals surface area contributed by atoms with Crippen LogP contribution in [0, 0.1) is 11.6 Å². The number of rotatable bonds is 4. The number of carbonyl (C=O) groups is 1. The Bertz CT molecular complexity index is 926. The Kier molecular flexibility index (Phi) is 4.65. The van der Waals surface area contributed by atoms with Crippen molar-refractivity contribution in [3.05, 3.63) is 59.1 Å². The Hall–Kier alpha value is -2.38. The van der Waals surface area contributed by atoms with Gasteiger partial charge in [-0.15, -0.1) is 11.3 Å². The maximum Gasteiger partial charge on any atom is 0.238 e. The van der Waals surface area contributed by atoms with Gasteiger partial charge in [0.15, 0.2) is 0 Å². The van der Waals surface area contributed by atoms with Gasteiger partial charge in [0.05, 0.1) is 28.5 Å². The lowest BCUT2D eigenvalue weighted by atomic mass is 10.2. The molecule has 134 valence electrons. The molecule has 7 heteroatoms. The third-order valence-corrected chi connectivity index (χ3v) is 5.65. The van der Waals surface area contributed by atoms with E-state index in [0.29, 0.717) is 0 Å². The van der Waals surface area contributed by atoms with Gasteiger partial charge >= 0.3 is 0 Å². The van der Waals surface area contributed by atoms with Crippen molar-refractivity contribution in [3.8, 4) is 0 Å². The molecule has 0 spiro atoms. The van der Waals surface area contributed by atoms with Crippen LogP contribution in [0.25, 0.3) is 10.2 Å². The van der Waals surface area contributed by atoms with Crippen LogP contribution in [0.2, 0.25) is 0 Å². The van der Waals surface area contributed by atoms with Gasteiger partial charge in [0.25, 0.3) is 0 Å². The molecule has 0 bridgehead atoms. The van der Waals surface area contributed by atoms with Crippen LogP contribution in [0.4, 0.5) is 14.5 Å². The largest absolute Gasteiger partial charge is 0.322 e. The quantitative estimate of drug-likeness (QED) is 0.740. The second-order valence-corrected chi connectivity index (χ2v) is 7.38. The SMILES string of the molecule is O=C(CN1CCC[C@@H]1c1nc2ccccc2s1)Nc1cc(F)ccc1F. The number of hydrogen-bond donors (Lipinski definition) is 1. The molecule has 0 saturated carbocycles. The summed E-state index contributed by atoms with van der Waals surface area (Å²) in [5.41, 5.74) is 0.830. The molecule has 0 unspecified atom stereocenters. The highest BCUT2D eigenvalue weighted by Crippen LogP contribution is 2.36. The minimum absolute atomic E-state index is 0.0792. The summed E-state index contributed by atoms with van der Waals surface area (Å²) in [6.07, 6.45) is 1.91. The molecular weight excluding hydrogens is 356 g/mol. The maximum atomic E-state index is 13.7. The van der Waals surface area contributed by atoms with Crippen LogP contribution in [0.3, 0.4) is 0 Å². The van der Waals surface area contributed by atoms with Crippen molar-refractivity contribution in [2.75, 3.05) is 18.4 Å². The number of para-hydroxylation sites is 1. The van der Waals surface area contributed by atoms with Gasteiger partial charge in [-0.25, -0.2) is 13.8 Å². The first kappa shape index (κ1) is 17.1. The summed E-state index contributed by atoms with van der Waals surface area (Å²) in [6.45, 7) is 0.899. The van der Waals surface area contributed by atoms with E-state index in [1.807, 2.05) is 29.2 Å². The normalized spacial score (nSPS) is 17.7. The van der Waals surface area contributed by atoms with Crippen molar-refractivity contribution in [3.63, 3.8) is 0 Å². The summed E-state index contributed by atoms with van der Waals surface area (Å²) in [4.78, 5) is 19.1. The Balaban J connectivity index is 1.48. The lowest BCUT2D eigenvalue weighted by molar-refractivity contribution is -0.117. The molecule has 1 saturated heterocycles. The first-order chi connectivity index (χ1) is 12.6. The van der Waals surface area contributed by atoms with E-state index < -0.39 is 11.6 Å². The second-order valence-electron chi connectivity index (χ2n) is 6.32. The molecule has 26 heavy (non-hydrogen) atoms. The number of aromatic nitrogens is 1. The van der Waals surface area contributed by atoms with Crippen LogP contribution >= 0.6 is 11.3 Å². The van der Waals surface area contributed by atoms with Crippen LogP contribution in [0.1, 0.15) is 23.9 Å². The van der Waals surface area contributed by atoms with Gasteiger partial charge < -0.3 is 5.32 Å². The number of halogens is 2. The number of nitrogens with one attached hydrogen (secondary N) is 1. The zero-order valence-electron chi connectivity index (χ0n) is 13.9. The summed E-state index contributed by atoms with van der Waals surface area (Å²) in [5.74, 6) is -1.60. The highest BCUT2D eigenvalue weighted by Gasteiger charge is 2.30. The number of hydrogen-bond acceptors (Lipinski definition) is 4. The Morgan fingerprint density at radius 1 is 1.27 bits per heavy atom. The Labute approximate surface area is 153 Å². The van der Waals surface area contributed by atoms with Crippen LogP contribution in [0.15, 0.2) is 42.5 Å². The first-order valence-corrected chi connectivity index (χ1v) is 9.26. The van der Waals surface area contributed by atoms with Crippen LogP contribution < -0.4 is 5.32 Å². The van der Waals surface area contributed by atoms with Crippen molar-refractivity contribution < 1.29 is 13.6 Å². The fourth-order valence-corrected chi connectivity index (χ4v) is 4.43. The minimum atomic E-state index is -0.649. The lowest BCUT2D eigenvalue weighted by Gasteiger charge is -2.22. The third-order valence-electron chi connectivity index (χ3n) is 4.51. The molecule has 1 atom stereocenters. The van der Waals surface area contributed by atoms with Gasteiger partial charge in [0.1, 0.15) is 16.6 Å². The number of thiazole rings is 1. The van der Waals surface area contributed by atoms with E-state index in [0.717, 1.165) is 52.8 Å². The molecule has 0 aliphatic carbocycles. The Morgan fingerprint density at radius 3 is 2.96 bits per heavy atom. The summed E-state index contributed by atoms with van der Waals surface area (Å²) in [5, 5.41) is 3.46. The molecule has 4 nitrogen and oxygen atoms in total. The zero-order valence-corrected chi connectivity index (χ0v) is 14.7. The molecule has 3 aromatic rings. The number of benzene rings is 2. The lowest BCUT2D eigenvalue weighted by Crippen LogP contribution is -2.33. The molecule has 2 aromatic carbocycles. The van der Waals surface area contributed by atoms with E-state index in [1.165, 1.54) is 0 Å². The third kappa shape index (κ3) is 3.45. The number of likely N-dealkylation sites (tertiary alicyclic amines) is 1.